The molecule has 0 aliphatic carbocycles. The molecule has 1 aromatic rings. The van der Waals surface area contributed by atoms with Crippen molar-refractivity contribution in [2.24, 2.45) is 11.7 Å². The van der Waals surface area contributed by atoms with Gasteiger partial charge in [0.1, 0.15) is 0 Å². The van der Waals surface area contributed by atoms with Gasteiger partial charge in [-0.15, -0.1) is 0 Å². The van der Waals surface area contributed by atoms with Crippen molar-refractivity contribution in [2.75, 3.05) is 19.6 Å². The summed E-state index contributed by atoms with van der Waals surface area (Å²) < 4.78 is 4.96. The predicted octanol–water partition coefficient (Wildman–Crippen LogP) is 0.939. The van der Waals surface area contributed by atoms with Crippen LogP contribution in [0.25, 0.3) is 0 Å². The molecule has 16 heavy (non-hydrogen) atoms. The lowest BCUT2D eigenvalue weighted by atomic mass is 9.94. The Kier molecular flexibility index (Phi) is 3.90. The van der Waals surface area contributed by atoms with E-state index in [9.17, 15) is 0 Å². The Morgan fingerprint density at radius 1 is 1.44 bits per heavy atom. The van der Waals surface area contributed by atoms with Crippen molar-refractivity contribution in [1.29, 1.82) is 0 Å². The average Bonchev–Trinajstić information content (AvgIpc) is 2.67. The van der Waals surface area contributed by atoms with Crippen LogP contribution in [0.3, 0.4) is 0 Å². The predicted molar refractivity (Wildman–Crippen MR) is 60.7 cm³/mol. The molecule has 90 valence electrons. The molecule has 2 rings (SSSR count). The number of likely N-dealkylation sites (tertiary alicyclic amines) is 1. The van der Waals surface area contributed by atoms with Gasteiger partial charge in [0.25, 0.3) is 0 Å². The van der Waals surface area contributed by atoms with Gasteiger partial charge < -0.3 is 10.3 Å². The van der Waals surface area contributed by atoms with Crippen LogP contribution in [0.2, 0.25) is 0 Å². The largest absolute Gasteiger partial charge is 0.340 e. The van der Waals surface area contributed by atoms with E-state index < -0.39 is 0 Å². The van der Waals surface area contributed by atoms with Crippen LogP contribution in [0.1, 0.15) is 31.0 Å². The van der Waals surface area contributed by atoms with Crippen molar-refractivity contribution < 1.29 is 4.52 Å². The molecule has 0 unspecified atom stereocenters. The number of rotatable bonds is 4. The molecule has 1 aliphatic heterocycles. The van der Waals surface area contributed by atoms with E-state index in [1.165, 1.54) is 12.8 Å². The van der Waals surface area contributed by atoms with Crippen LogP contribution < -0.4 is 5.73 Å². The summed E-state index contributed by atoms with van der Waals surface area (Å²) in [6.45, 7) is 5.70. The number of aromatic nitrogens is 2. The van der Waals surface area contributed by atoms with Crippen LogP contribution in [0.5, 0.6) is 0 Å². The van der Waals surface area contributed by atoms with E-state index in [1.54, 1.807) is 0 Å². The second kappa shape index (κ2) is 5.41. The highest BCUT2D eigenvalue weighted by molar-refractivity contribution is 4.85. The number of hydrogen-bond donors (Lipinski definition) is 1. The van der Waals surface area contributed by atoms with Crippen molar-refractivity contribution in [2.45, 2.75) is 32.7 Å². The van der Waals surface area contributed by atoms with E-state index >= 15 is 0 Å². The minimum atomic E-state index is 0.646. The minimum absolute atomic E-state index is 0.646. The molecule has 1 saturated heterocycles. The average molecular weight is 224 g/mol. The third-order valence-corrected chi connectivity index (χ3v) is 3.22. The number of piperidine rings is 1. The number of nitrogens with zero attached hydrogens (tertiary/aromatic N) is 3. The SMILES string of the molecule is Cc1nc(CN2CCC(CCN)CC2)no1. The highest BCUT2D eigenvalue weighted by atomic mass is 16.5. The molecule has 0 saturated carbocycles. The van der Waals surface area contributed by atoms with Gasteiger partial charge in [-0.05, 0) is 44.8 Å². The first-order valence-electron chi connectivity index (χ1n) is 5.99. The molecule has 2 heterocycles. The fourth-order valence-electron chi connectivity index (χ4n) is 2.27. The first-order valence-corrected chi connectivity index (χ1v) is 5.99. The molecule has 1 aliphatic rings. The Morgan fingerprint density at radius 3 is 2.75 bits per heavy atom. The lowest BCUT2D eigenvalue weighted by Gasteiger charge is -2.30. The molecule has 5 heteroatoms. The van der Waals surface area contributed by atoms with Crippen LogP contribution in [0, 0.1) is 12.8 Å². The Bertz CT molecular complexity index is 318. The third kappa shape index (κ3) is 3.02. The van der Waals surface area contributed by atoms with E-state index in [4.69, 9.17) is 10.3 Å². The van der Waals surface area contributed by atoms with Gasteiger partial charge >= 0.3 is 0 Å². The highest BCUT2D eigenvalue weighted by Gasteiger charge is 2.19. The smallest absolute Gasteiger partial charge is 0.223 e. The molecule has 0 spiro atoms. The summed E-state index contributed by atoms with van der Waals surface area (Å²) in [7, 11) is 0. The Morgan fingerprint density at radius 2 is 2.19 bits per heavy atom. The molecule has 0 radical (unpaired) electrons. The third-order valence-electron chi connectivity index (χ3n) is 3.22. The molecule has 0 amide bonds. The van der Waals surface area contributed by atoms with Gasteiger partial charge in [-0.1, -0.05) is 5.16 Å². The second-order valence-electron chi connectivity index (χ2n) is 4.53. The minimum Gasteiger partial charge on any atom is -0.340 e. The zero-order valence-electron chi connectivity index (χ0n) is 9.85. The van der Waals surface area contributed by atoms with Gasteiger partial charge in [-0.3, -0.25) is 4.90 Å². The number of nitrogens with two attached hydrogens (primary N) is 1. The molecular weight excluding hydrogens is 204 g/mol. The number of aryl methyl sites for hydroxylation is 1. The second-order valence-corrected chi connectivity index (χ2v) is 4.53. The van der Waals surface area contributed by atoms with E-state index in [1.807, 2.05) is 6.92 Å². The molecule has 0 bridgehead atoms. The Hall–Kier alpha value is -0.940. The van der Waals surface area contributed by atoms with Gasteiger partial charge in [-0.2, -0.15) is 4.98 Å². The summed E-state index contributed by atoms with van der Waals surface area (Å²) in [5.41, 5.74) is 5.57. The fourth-order valence-corrected chi connectivity index (χ4v) is 2.27. The van der Waals surface area contributed by atoms with Crippen molar-refractivity contribution in [3.05, 3.63) is 11.7 Å². The molecule has 2 N–H and O–H groups in total. The van der Waals surface area contributed by atoms with Crippen LogP contribution in [0.15, 0.2) is 4.52 Å². The van der Waals surface area contributed by atoms with Crippen molar-refractivity contribution in [3.63, 3.8) is 0 Å². The van der Waals surface area contributed by atoms with Crippen LogP contribution in [-0.2, 0) is 6.54 Å². The van der Waals surface area contributed by atoms with Crippen molar-refractivity contribution in [1.82, 2.24) is 15.0 Å². The molecule has 0 atom stereocenters. The lowest BCUT2D eigenvalue weighted by molar-refractivity contribution is 0.168. The topological polar surface area (TPSA) is 68.2 Å². The van der Waals surface area contributed by atoms with Crippen LogP contribution >= 0.6 is 0 Å². The molecule has 1 fully saturated rings. The van der Waals surface area contributed by atoms with Crippen LogP contribution in [0.4, 0.5) is 0 Å². The van der Waals surface area contributed by atoms with E-state index in [0.717, 1.165) is 44.3 Å². The highest BCUT2D eigenvalue weighted by Crippen LogP contribution is 2.20. The summed E-state index contributed by atoms with van der Waals surface area (Å²) >= 11 is 0. The van der Waals surface area contributed by atoms with Crippen molar-refractivity contribution in [3.8, 4) is 0 Å². The fraction of sp³-hybridized carbons (Fsp3) is 0.818. The maximum Gasteiger partial charge on any atom is 0.223 e. The van der Waals surface area contributed by atoms with Gasteiger partial charge in [0.05, 0.1) is 6.54 Å². The van der Waals surface area contributed by atoms with Crippen molar-refractivity contribution >= 4 is 0 Å². The van der Waals surface area contributed by atoms with Crippen LogP contribution in [-0.4, -0.2) is 34.7 Å². The summed E-state index contributed by atoms with van der Waals surface area (Å²) in [6.07, 6.45) is 3.65. The van der Waals surface area contributed by atoms with E-state index in [2.05, 4.69) is 15.0 Å². The maximum atomic E-state index is 5.57. The van der Waals surface area contributed by atoms with Gasteiger partial charge in [0, 0.05) is 6.92 Å². The van der Waals surface area contributed by atoms with Gasteiger partial charge in [-0.25, -0.2) is 0 Å². The summed E-state index contributed by atoms with van der Waals surface area (Å²) in [5, 5.41) is 3.92. The first kappa shape index (κ1) is 11.5. The monoisotopic (exact) mass is 224 g/mol. The quantitative estimate of drug-likeness (QED) is 0.824. The Labute approximate surface area is 96.0 Å². The molecule has 5 nitrogen and oxygen atoms in total. The first-order chi connectivity index (χ1) is 7.78. The summed E-state index contributed by atoms with van der Waals surface area (Å²) in [4.78, 5) is 6.61. The van der Waals surface area contributed by atoms with Gasteiger partial charge in [0.2, 0.25) is 5.89 Å². The van der Waals surface area contributed by atoms with E-state index in [-0.39, 0.29) is 0 Å². The molecule has 1 aromatic heterocycles. The standard InChI is InChI=1S/C11H20N4O/c1-9-13-11(14-16-9)8-15-6-3-10(2-5-12)4-7-15/h10H,2-8,12H2,1H3. The summed E-state index contributed by atoms with van der Waals surface area (Å²) in [6, 6.07) is 0. The maximum absolute atomic E-state index is 5.57. The summed E-state index contributed by atoms with van der Waals surface area (Å²) in [5.74, 6) is 2.26. The molecular formula is C11H20N4O. The lowest BCUT2D eigenvalue weighted by Crippen LogP contribution is -2.34. The zero-order chi connectivity index (χ0) is 11.4. The zero-order valence-corrected chi connectivity index (χ0v) is 9.85. The molecule has 0 aromatic carbocycles. The van der Waals surface area contributed by atoms with E-state index in [0.29, 0.717) is 5.89 Å². The Balaban J connectivity index is 1.77. The number of hydrogen-bond acceptors (Lipinski definition) is 5. The van der Waals surface area contributed by atoms with Gasteiger partial charge in [0.15, 0.2) is 5.82 Å². The normalized spacial score (nSPS) is 19.1.